The fourth-order valence-corrected chi connectivity index (χ4v) is 2.72. The zero-order valence-corrected chi connectivity index (χ0v) is 13.0. The predicted octanol–water partition coefficient (Wildman–Crippen LogP) is 3.27. The van der Waals surface area contributed by atoms with Crippen molar-refractivity contribution in [3.05, 3.63) is 17.8 Å². The maximum absolute atomic E-state index is 12.5. The first-order chi connectivity index (χ1) is 10.2. The van der Waals surface area contributed by atoms with E-state index in [1.807, 2.05) is 4.90 Å². The van der Waals surface area contributed by atoms with Crippen molar-refractivity contribution in [1.29, 1.82) is 0 Å². The van der Waals surface area contributed by atoms with Crippen molar-refractivity contribution in [3.63, 3.8) is 0 Å². The van der Waals surface area contributed by atoms with Gasteiger partial charge in [-0.05, 0) is 19.3 Å². The van der Waals surface area contributed by atoms with Crippen LogP contribution in [0.5, 0.6) is 0 Å². The average molecular weight is 293 g/mol. The normalized spacial score (nSPS) is 18.1. The molecule has 0 aliphatic carbocycles. The number of hydrogen-bond acceptors (Lipinski definition) is 4. The molecule has 2 rings (SSSR count). The summed E-state index contributed by atoms with van der Waals surface area (Å²) in [7, 11) is 0. The number of carbonyl (C=O) groups is 1. The van der Waals surface area contributed by atoms with Crippen molar-refractivity contribution >= 4 is 5.91 Å². The van der Waals surface area contributed by atoms with Crippen molar-refractivity contribution in [2.24, 2.45) is 5.73 Å². The minimum absolute atomic E-state index is 0.0189. The van der Waals surface area contributed by atoms with Crippen molar-refractivity contribution in [1.82, 2.24) is 9.88 Å². The maximum Gasteiger partial charge on any atom is 0.275 e. The number of aromatic nitrogens is 1. The molecule has 5 heteroatoms. The number of hydrogen-bond donors (Lipinski definition) is 1. The molecule has 21 heavy (non-hydrogen) atoms. The Hall–Kier alpha value is -1.36. The molecule has 1 aromatic heterocycles. The van der Waals surface area contributed by atoms with Crippen LogP contribution in [0.3, 0.4) is 0 Å². The van der Waals surface area contributed by atoms with Gasteiger partial charge in [-0.15, -0.1) is 0 Å². The van der Waals surface area contributed by atoms with Crippen LogP contribution in [0, 0.1) is 0 Å². The standard InChI is InChI=1S/C16H27N3O2/c1-2-3-9-13(17)15-18-14(12-21-15)16(20)19-10-7-5-4-6-8-11-19/h12-13H,2-11,17H2,1H3. The second-order valence-corrected chi connectivity index (χ2v) is 5.88. The van der Waals surface area contributed by atoms with E-state index in [0.29, 0.717) is 11.6 Å². The first-order valence-corrected chi connectivity index (χ1v) is 8.22. The van der Waals surface area contributed by atoms with Crippen molar-refractivity contribution < 1.29 is 9.21 Å². The van der Waals surface area contributed by atoms with Gasteiger partial charge in [-0.1, -0.05) is 39.0 Å². The lowest BCUT2D eigenvalue weighted by Crippen LogP contribution is -2.34. The van der Waals surface area contributed by atoms with Gasteiger partial charge in [-0.3, -0.25) is 4.79 Å². The van der Waals surface area contributed by atoms with E-state index >= 15 is 0 Å². The van der Waals surface area contributed by atoms with Gasteiger partial charge in [0.1, 0.15) is 6.26 Å². The molecule has 1 aliphatic rings. The summed E-state index contributed by atoms with van der Waals surface area (Å²) in [5.41, 5.74) is 6.44. The highest BCUT2D eigenvalue weighted by atomic mass is 16.3. The van der Waals surface area contributed by atoms with Gasteiger partial charge < -0.3 is 15.1 Å². The molecule has 1 fully saturated rings. The SMILES string of the molecule is CCCCC(N)c1nc(C(=O)N2CCCCCCC2)co1. The first-order valence-electron chi connectivity index (χ1n) is 8.22. The molecule has 0 aromatic carbocycles. The molecule has 1 aliphatic heterocycles. The van der Waals surface area contributed by atoms with Crippen molar-refractivity contribution in [2.75, 3.05) is 13.1 Å². The van der Waals surface area contributed by atoms with Crippen LogP contribution in [-0.2, 0) is 0 Å². The number of nitrogens with zero attached hydrogens (tertiary/aromatic N) is 2. The summed E-state index contributed by atoms with van der Waals surface area (Å²) in [6, 6.07) is -0.209. The summed E-state index contributed by atoms with van der Waals surface area (Å²) in [5.74, 6) is 0.466. The molecule has 0 bridgehead atoms. The minimum atomic E-state index is -0.209. The summed E-state index contributed by atoms with van der Waals surface area (Å²) < 4.78 is 5.41. The molecule has 5 nitrogen and oxygen atoms in total. The second kappa shape index (κ2) is 8.17. The van der Waals surface area contributed by atoms with Crippen LogP contribution < -0.4 is 5.73 Å². The topological polar surface area (TPSA) is 72.4 Å². The van der Waals surface area contributed by atoms with Crippen LogP contribution >= 0.6 is 0 Å². The Balaban J connectivity index is 1.97. The fourth-order valence-electron chi connectivity index (χ4n) is 2.72. The molecule has 2 N–H and O–H groups in total. The number of likely N-dealkylation sites (tertiary alicyclic amines) is 1. The Morgan fingerprint density at radius 1 is 1.33 bits per heavy atom. The highest BCUT2D eigenvalue weighted by Gasteiger charge is 2.21. The maximum atomic E-state index is 12.5. The van der Waals surface area contributed by atoms with E-state index in [0.717, 1.165) is 45.2 Å². The predicted molar refractivity (Wildman–Crippen MR) is 81.9 cm³/mol. The van der Waals surface area contributed by atoms with E-state index in [9.17, 15) is 4.79 Å². The van der Waals surface area contributed by atoms with Crippen molar-refractivity contribution in [3.8, 4) is 0 Å². The van der Waals surface area contributed by atoms with Gasteiger partial charge in [-0.25, -0.2) is 4.98 Å². The van der Waals surface area contributed by atoms with Crippen LogP contribution in [0.25, 0.3) is 0 Å². The molecule has 0 radical (unpaired) electrons. The Morgan fingerprint density at radius 2 is 2.00 bits per heavy atom. The third kappa shape index (κ3) is 4.56. The highest BCUT2D eigenvalue weighted by Crippen LogP contribution is 2.18. The van der Waals surface area contributed by atoms with Crippen LogP contribution in [0.15, 0.2) is 10.7 Å². The summed E-state index contributed by atoms with van der Waals surface area (Å²) in [6.07, 6.45) is 10.3. The molecular formula is C16H27N3O2. The molecule has 1 unspecified atom stereocenters. The lowest BCUT2D eigenvalue weighted by molar-refractivity contribution is 0.0736. The molecular weight excluding hydrogens is 266 g/mol. The van der Waals surface area contributed by atoms with E-state index in [-0.39, 0.29) is 11.9 Å². The smallest absolute Gasteiger partial charge is 0.275 e. The van der Waals surface area contributed by atoms with Gasteiger partial charge in [0.2, 0.25) is 5.89 Å². The zero-order valence-electron chi connectivity index (χ0n) is 13.0. The Bertz CT molecular complexity index is 436. The van der Waals surface area contributed by atoms with Gasteiger partial charge >= 0.3 is 0 Å². The second-order valence-electron chi connectivity index (χ2n) is 5.88. The number of rotatable bonds is 5. The van der Waals surface area contributed by atoms with Crippen LogP contribution in [0.1, 0.15) is 80.7 Å². The van der Waals surface area contributed by atoms with Gasteiger partial charge in [-0.2, -0.15) is 0 Å². The monoisotopic (exact) mass is 293 g/mol. The summed E-state index contributed by atoms with van der Waals surface area (Å²) in [6.45, 7) is 3.77. The quantitative estimate of drug-likeness (QED) is 0.904. The Labute approximate surface area is 126 Å². The largest absolute Gasteiger partial charge is 0.446 e. The lowest BCUT2D eigenvalue weighted by Gasteiger charge is -2.23. The van der Waals surface area contributed by atoms with E-state index in [1.54, 1.807) is 0 Å². The van der Waals surface area contributed by atoms with Gasteiger partial charge in [0.05, 0.1) is 6.04 Å². The molecule has 118 valence electrons. The van der Waals surface area contributed by atoms with E-state index in [1.165, 1.54) is 25.5 Å². The number of amides is 1. The molecule has 1 saturated heterocycles. The minimum Gasteiger partial charge on any atom is -0.446 e. The van der Waals surface area contributed by atoms with Crippen molar-refractivity contribution in [2.45, 2.75) is 64.3 Å². The van der Waals surface area contributed by atoms with Crippen LogP contribution in [0.4, 0.5) is 0 Å². The van der Waals surface area contributed by atoms with Gasteiger partial charge in [0.25, 0.3) is 5.91 Å². The average Bonchev–Trinajstić information content (AvgIpc) is 2.93. The summed E-state index contributed by atoms with van der Waals surface area (Å²) in [4.78, 5) is 18.7. The molecule has 0 spiro atoms. The third-order valence-electron chi connectivity index (χ3n) is 4.07. The molecule has 2 heterocycles. The Morgan fingerprint density at radius 3 is 2.67 bits per heavy atom. The lowest BCUT2D eigenvalue weighted by atomic mass is 10.1. The summed E-state index contributed by atoms with van der Waals surface area (Å²) in [5, 5.41) is 0. The highest BCUT2D eigenvalue weighted by molar-refractivity contribution is 5.92. The van der Waals surface area contributed by atoms with Crippen LogP contribution in [-0.4, -0.2) is 28.9 Å². The number of nitrogens with two attached hydrogens (primary N) is 1. The van der Waals surface area contributed by atoms with Crippen LogP contribution in [0.2, 0.25) is 0 Å². The fraction of sp³-hybridized carbons (Fsp3) is 0.750. The molecule has 1 atom stereocenters. The van der Waals surface area contributed by atoms with E-state index in [2.05, 4.69) is 11.9 Å². The number of unbranched alkanes of at least 4 members (excludes halogenated alkanes) is 1. The van der Waals surface area contributed by atoms with Gasteiger partial charge in [0, 0.05) is 13.1 Å². The van der Waals surface area contributed by atoms with Gasteiger partial charge in [0.15, 0.2) is 5.69 Å². The Kier molecular flexibility index (Phi) is 6.23. The number of oxazole rings is 1. The van der Waals surface area contributed by atoms with E-state index in [4.69, 9.17) is 10.2 Å². The first kappa shape index (κ1) is 16.0. The zero-order chi connectivity index (χ0) is 15.1. The molecule has 0 saturated carbocycles. The van der Waals surface area contributed by atoms with E-state index < -0.39 is 0 Å². The third-order valence-corrected chi connectivity index (χ3v) is 4.07. The number of carbonyl (C=O) groups excluding carboxylic acids is 1. The molecule has 1 amide bonds. The molecule has 1 aromatic rings. The summed E-state index contributed by atoms with van der Waals surface area (Å²) >= 11 is 0.